The van der Waals surface area contributed by atoms with Gasteiger partial charge in [0.1, 0.15) is 0 Å². The molecule has 0 fully saturated rings. The summed E-state index contributed by atoms with van der Waals surface area (Å²) in [4.78, 5) is 2.24. The van der Waals surface area contributed by atoms with Crippen LogP contribution >= 0.6 is 0 Å². The van der Waals surface area contributed by atoms with E-state index in [1.54, 1.807) is 0 Å². The lowest BCUT2D eigenvalue weighted by Crippen LogP contribution is -2.09. The van der Waals surface area contributed by atoms with E-state index in [9.17, 15) is 0 Å². The molecule has 0 saturated carbocycles. The lowest BCUT2D eigenvalue weighted by molar-refractivity contribution is 0.585. The molecule has 0 bridgehead atoms. The molecule has 2 heterocycles. The van der Waals surface area contributed by atoms with E-state index in [2.05, 4.69) is 177 Å². The highest BCUT2D eigenvalue weighted by Crippen LogP contribution is 2.45. The molecule has 5 heteroatoms. The summed E-state index contributed by atoms with van der Waals surface area (Å²) in [6.45, 7) is 0. The van der Waals surface area contributed by atoms with E-state index in [1.165, 1.54) is 48.7 Å². The van der Waals surface area contributed by atoms with E-state index in [0.29, 0.717) is 11.8 Å². The van der Waals surface area contributed by atoms with Crippen molar-refractivity contribution in [2.24, 2.45) is 0 Å². The highest BCUT2D eigenvalue weighted by atomic mass is 16.4. The Kier molecular flexibility index (Phi) is 6.48. The monoisotopic (exact) mass is 678 g/mol. The van der Waals surface area contributed by atoms with Gasteiger partial charge in [-0.05, 0) is 106 Å². The van der Waals surface area contributed by atoms with Crippen molar-refractivity contribution < 1.29 is 4.42 Å². The van der Waals surface area contributed by atoms with Crippen molar-refractivity contribution >= 4 is 71.2 Å². The Hall–Kier alpha value is -7.24. The van der Waals surface area contributed by atoms with Crippen LogP contribution in [0.5, 0.6) is 0 Å². The normalized spacial score (nSPS) is 11.8. The first-order valence-electron chi connectivity index (χ1n) is 17.8. The van der Waals surface area contributed by atoms with E-state index in [-0.39, 0.29) is 0 Å². The standard InChI is InChI=1S/C48H30N4O/c1-4-12-34(13-5-1)51(35-14-6-2-7-15-35)37-25-20-32(21-26-37)47-49-50-48(53-47)40-28-22-31-23-29-41-45-33(24-27-39(40)44(31)45)30-42-38-18-10-11-19-43(38)52(46(41)42)36-16-8-3-9-17-36/h1-30H. The third kappa shape index (κ3) is 4.57. The SMILES string of the molecule is c1ccc(N(c2ccccc2)c2ccc(-c3nnc(-c4ccc5ccc6c7c(ccc4c57)cc4c5ccccc5n(-c5ccccc5)c46)o3)cc2)cc1. The average molecular weight is 679 g/mol. The highest BCUT2D eigenvalue weighted by molar-refractivity contribution is 6.32. The number of benzene rings is 9. The van der Waals surface area contributed by atoms with Gasteiger partial charge in [0.25, 0.3) is 0 Å². The maximum absolute atomic E-state index is 6.46. The van der Waals surface area contributed by atoms with Crippen molar-refractivity contribution in [3.8, 4) is 28.6 Å². The molecule has 248 valence electrons. The highest BCUT2D eigenvalue weighted by Gasteiger charge is 2.21. The third-order valence-electron chi connectivity index (χ3n) is 10.5. The van der Waals surface area contributed by atoms with E-state index in [1.807, 2.05) is 24.3 Å². The van der Waals surface area contributed by atoms with Gasteiger partial charge in [0.15, 0.2) is 0 Å². The van der Waals surface area contributed by atoms with Crippen LogP contribution < -0.4 is 4.90 Å². The number of para-hydroxylation sites is 4. The number of rotatable bonds is 6. The summed E-state index contributed by atoms with van der Waals surface area (Å²) in [7, 11) is 0. The number of hydrogen-bond acceptors (Lipinski definition) is 4. The van der Waals surface area contributed by atoms with Gasteiger partial charge in [0, 0.05) is 50.0 Å². The Morgan fingerprint density at radius 2 is 1.02 bits per heavy atom. The van der Waals surface area contributed by atoms with Gasteiger partial charge < -0.3 is 13.9 Å². The summed E-state index contributed by atoms with van der Waals surface area (Å²) in [6.07, 6.45) is 0. The van der Waals surface area contributed by atoms with Gasteiger partial charge in [-0.3, -0.25) is 0 Å². The molecular formula is C48H30N4O. The Morgan fingerprint density at radius 3 is 1.77 bits per heavy atom. The molecule has 0 aliphatic heterocycles. The first-order valence-corrected chi connectivity index (χ1v) is 17.8. The summed E-state index contributed by atoms with van der Waals surface area (Å²) in [6, 6.07) is 64.1. The topological polar surface area (TPSA) is 47.1 Å². The van der Waals surface area contributed by atoms with Crippen LogP contribution in [0, 0.1) is 0 Å². The van der Waals surface area contributed by atoms with Crippen molar-refractivity contribution in [3.05, 3.63) is 182 Å². The van der Waals surface area contributed by atoms with Crippen molar-refractivity contribution in [1.82, 2.24) is 14.8 Å². The van der Waals surface area contributed by atoms with Crippen LogP contribution in [-0.4, -0.2) is 14.8 Å². The summed E-state index contributed by atoms with van der Waals surface area (Å²) in [5.41, 5.74) is 8.56. The molecular weight excluding hydrogens is 649 g/mol. The van der Waals surface area contributed by atoms with Crippen molar-refractivity contribution in [2.75, 3.05) is 4.90 Å². The fourth-order valence-corrected chi connectivity index (χ4v) is 8.16. The first-order chi connectivity index (χ1) is 26.3. The number of fused-ring (bicyclic) bond motifs is 4. The van der Waals surface area contributed by atoms with Crippen LogP contribution in [-0.2, 0) is 0 Å². The summed E-state index contributed by atoms with van der Waals surface area (Å²) < 4.78 is 8.87. The second-order valence-electron chi connectivity index (χ2n) is 13.5. The van der Waals surface area contributed by atoms with Crippen molar-refractivity contribution in [1.29, 1.82) is 0 Å². The number of hydrogen-bond donors (Lipinski definition) is 0. The Balaban J connectivity index is 1.04. The quantitative estimate of drug-likeness (QED) is 0.164. The number of nitrogens with zero attached hydrogens (tertiary/aromatic N) is 4. The molecule has 0 spiro atoms. The molecule has 0 aliphatic carbocycles. The minimum atomic E-state index is 0.484. The van der Waals surface area contributed by atoms with Crippen LogP contribution in [0.1, 0.15) is 0 Å². The minimum absolute atomic E-state index is 0.484. The Bertz CT molecular complexity index is 3050. The minimum Gasteiger partial charge on any atom is -0.416 e. The van der Waals surface area contributed by atoms with Crippen LogP contribution in [0.25, 0.3) is 82.7 Å². The lowest BCUT2D eigenvalue weighted by atomic mass is 9.90. The van der Waals surface area contributed by atoms with Gasteiger partial charge in [-0.2, -0.15) is 0 Å². The third-order valence-corrected chi connectivity index (χ3v) is 10.5. The Morgan fingerprint density at radius 1 is 0.434 bits per heavy atom. The van der Waals surface area contributed by atoms with Gasteiger partial charge in [-0.25, -0.2) is 0 Å². The molecule has 9 aromatic carbocycles. The van der Waals surface area contributed by atoms with Gasteiger partial charge in [-0.1, -0.05) is 103 Å². The molecule has 0 radical (unpaired) electrons. The van der Waals surface area contributed by atoms with Gasteiger partial charge in [-0.15, -0.1) is 10.2 Å². The molecule has 11 rings (SSSR count). The molecule has 2 aromatic heterocycles. The van der Waals surface area contributed by atoms with E-state index < -0.39 is 0 Å². The summed E-state index contributed by atoms with van der Waals surface area (Å²) in [5, 5.41) is 18.8. The molecule has 0 aliphatic rings. The molecule has 0 atom stereocenters. The second-order valence-corrected chi connectivity index (χ2v) is 13.5. The van der Waals surface area contributed by atoms with E-state index in [4.69, 9.17) is 4.42 Å². The maximum atomic E-state index is 6.46. The molecule has 0 amide bonds. The zero-order valence-electron chi connectivity index (χ0n) is 28.5. The molecule has 0 N–H and O–H groups in total. The average Bonchev–Trinajstić information content (AvgIpc) is 3.85. The molecule has 5 nitrogen and oxygen atoms in total. The fourth-order valence-electron chi connectivity index (χ4n) is 8.16. The van der Waals surface area contributed by atoms with Crippen molar-refractivity contribution in [3.63, 3.8) is 0 Å². The Labute approximate surface area is 304 Å². The second kappa shape index (κ2) is 11.7. The molecule has 0 saturated heterocycles. The lowest BCUT2D eigenvalue weighted by Gasteiger charge is -2.25. The first kappa shape index (κ1) is 29.5. The summed E-state index contributed by atoms with van der Waals surface area (Å²) in [5.74, 6) is 0.984. The van der Waals surface area contributed by atoms with E-state index in [0.717, 1.165) is 39.3 Å². The predicted molar refractivity (Wildman–Crippen MR) is 218 cm³/mol. The predicted octanol–water partition coefficient (Wildman–Crippen LogP) is 12.9. The largest absolute Gasteiger partial charge is 0.416 e. The van der Waals surface area contributed by atoms with E-state index >= 15 is 0 Å². The zero-order chi connectivity index (χ0) is 34.9. The van der Waals surface area contributed by atoms with Gasteiger partial charge in [0.2, 0.25) is 11.8 Å². The molecule has 11 aromatic rings. The number of anilines is 3. The van der Waals surface area contributed by atoms with Gasteiger partial charge in [0.05, 0.1) is 11.0 Å². The van der Waals surface area contributed by atoms with Crippen LogP contribution in [0.3, 0.4) is 0 Å². The summed E-state index contributed by atoms with van der Waals surface area (Å²) >= 11 is 0. The zero-order valence-corrected chi connectivity index (χ0v) is 28.5. The fraction of sp³-hybridized carbons (Fsp3) is 0. The van der Waals surface area contributed by atoms with Crippen molar-refractivity contribution in [2.45, 2.75) is 0 Å². The number of aromatic nitrogens is 3. The van der Waals surface area contributed by atoms with Crippen LogP contribution in [0.4, 0.5) is 17.1 Å². The van der Waals surface area contributed by atoms with Gasteiger partial charge >= 0.3 is 0 Å². The maximum Gasteiger partial charge on any atom is 0.248 e. The smallest absolute Gasteiger partial charge is 0.248 e. The van der Waals surface area contributed by atoms with Crippen LogP contribution in [0.2, 0.25) is 0 Å². The molecule has 53 heavy (non-hydrogen) atoms. The molecule has 0 unspecified atom stereocenters. The van der Waals surface area contributed by atoms with Crippen LogP contribution in [0.15, 0.2) is 186 Å².